The maximum Gasteiger partial charge on any atom is 0.244 e. The zero-order valence-corrected chi connectivity index (χ0v) is 15.0. The summed E-state index contributed by atoms with van der Waals surface area (Å²) in [6, 6.07) is 6.95. The van der Waals surface area contributed by atoms with Crippen LogP contribution in [0.1, 0.15) is 24.5 Å². The number of carbonyl (C=O) groups is 1. The summed E-state index contributed by atoms with van der Waals surface area (Å²) in [4.78, 5) is 12.2. The highest BCUT2D eigenvalue weighted by atomic mass is 16.7. The summed E-state index contributed by atoms with van der Waals surface area (Å²) >= 11 is 0. The van der Waals surface area contributed by atoms with Crippen LogP contribution in [-0.2, 0) is 20.7 Å². The van der Waals surface area contributed by atoms with Crippen molar-refractivity contribution in [3.05, 3.63) is 41.5 Å². The Labute approximate surface area is 153 Å². The Kier molecular flexibility index (Phi) is 7.74. The molecule has 7 heteroatoms. The van der Waals surface area contributed by atoms with E-state index in [0.29, 0.717) is 0 Å². The lowest BCUT2D eigenvalue weighted by atomic mass is 9.97. The van der Waals surface area contributed by atoms with Gasteiger partial charge in [-0.15, -0.1) is 0 Å². The molecule has 0 aromatic heterocycles. The highest BCUT2D eigenvalue weighted by Gasteiger charge is 2.44. The fourth-order valence-electron chi connectivity index (χ4n) is 2.91. The number of aryl methyl sites for hydroxylation is 1. The summed E-state index contributed by atoms with van der Waals surface area (Å²) in [6.07, 6.45) is 0.501. The fourth-order valence-corrected chi connectivity index (χ4v) is 2.91. The minimum Gasteiger partial charge on any atom is -0.394 e. The van der Waals surface area contributed by atoms with Crippen molar-refractivity contribution in [2.24, 2.45) is 0 Å². The molecule has 1 aliphatic rings. The van der Waals surface area contributed by atoms with Crippen molar-refractivity contribution in [2.75, 3.05) is 13.7 Å². The molecular formula is C19H27NO6. The highest BCUT2D eigenvalue weighted by Crippen LogP contribution is 2.21. The number of hydrogen-bond acceptors (Lipinski definition) is 6. The van der Waals surface area contributed by atoms with E-state index in [1.165, 1.54) is 18.7 Å². The molecule has 5 unspecified atom stereocenters. The van der Waals surface area contributed by atoms with Crippen molar-refractivity contribution < 1.29 is 29.6 Å². The zero-order chi connectivity index (χ0) is 19.1. The Morgan fingerprint density at radius 1 is 1.27 bits per heavy atom. The van der Waals surface area contributed by atoms with E-state index in [0.717, 1.165) is 18.4 Å². The van der Waals surface area contributed by atoms with Gasteiger partial charge in [0.05, 0.1) is 6.61 Å². The van der Waals surface area contributed by atoms with Crippen LogP contribution in [0.3, 0.4) is 0 Å². The molecule has 1 heterocycles. The predicted octanol–water partition coefficient (Wildman–Crippen LogP) is 0.223. The van der Waals surface area contributed by atoms with Gasteiger partial charge in [0.15, 0.2) is 6.29 Å². The number of hydrogen-bond donors (Lipinski definition) is 4. The molecule has 1 aliphatic heterocycles. The monoisotopic (exact) mass is 365 g/mol. The van der Waals surface area contributed by atoms with Gasteiger partial charge in [-0.25, -0.2) is 0 Å². The number of nitrogens with one attached hydrogen (secondary N) is 1. The molecule has 0 aliphatic carbocycles. The lowest BCUT2D eigenvalue weighted by molar-refractivity contribution is -0.262. The van der Waals surface area contributed by atoms with Crippen LogP contribution in [0, 0.1) is 0 Å². The molecule has 0 radical (unpaired) electrons. The number of aliphatic hydroxyl groups is 3. The van der Waals surface area contributed by atoms with Gasteiger partial charge in [0.1, 0.15) is 24.4 Å². The van der Waals surface area contributed by atoms with E-state index in [2.05, 4.69) is 12.2 Å². The van der Waals surface area contributed by atoms with Crippen molar-refractivity contribution in [3.8, 4) is 0 Å². The molecule has 144 valence electrons. The van der Waals surface area contributed by atoms with Crippen molar-refractivity contribution >= 4 is 12.0 Å². The first-order valence-corrected chi connectivity index (χ1v) is 8.73. The zero-order valence-electron chi connectivity index (χ0n) is 15.0. The molecule has 1 aromatic carbocycles. The maximum absolute atomic E-state index is 12.2. The van der Waals surface area contributed by atoms with Crippen molar-refractivity contribution in [1.29, 1.82) is 0 Å². The van der Waals surface area contributed by atoms with Crippen LogP contribution < -0.4 is 5.32 Å². The van der Waals surface area contributed by atoms with Crippen LogP contribution in [-0.4, -0.2) is 65.6 Å². The summed E-state index contributed by atoms with van der Waals surface area (Å²) in [5.74, 6) is -0.452. The topological polar surface area (TPSA) is 108 Å². The molecule has 1 aromatic rings. The van der Waals surface area contributed by atoms with Crippen LogP contribution in [0.2, 0.25) is 0 Å². The van der Waals surface area contributed by atoms with E-state index < -0.39 is 43.2 Å². The Hall–Kier alpha value is -1.77. The Morgan fingerprint density at radius 2 is 1.96 bits per heavy atom. The molecule has 1 saturated heterocycles. The van der Waals surface area contributed by atoms with E-state index >= 15 is 0 Å². The molecule has 0 spiro atoms. The first-order valence-electron chi connectivity index (χ1n) is 8.73. The third-order valence-electron chi connectivity index (χ3n) is 4.37. The minimum absolute atomic E-state index is 0.452. The first-order chi connectivity index (χ1) is 12.5. The molecule has 5 atom stereocenters. The number of methoxy groups -OCH3 is 1. The minimum atomic E-state index is -1.33. The third kappa shape index (κ3) is 5.12. The molecule has 7 nitrogen and oxygen atoms in total. The summed E-state index contributed by atoms with van der Waals surface area (Å²) in [5.41, 5.74) is 2.12. The molecule has 1 fully saturated rings. The molecule has 1 amide bonds. The smallest absolute Gasteiger partial charge is 0.244 e. The summed E-state index contributed by atoms with van der Waals surface area (Å²) in [5, 5.41) is 31.9. The van der Waals surface area contributed by atoms with Gasteiger partial charge in [-0.05, 0) is 23.6 Å². The van der Waals surface area contributed by atoms with Gasteiger partial charge in [0.25, 0.3) is 0 Å². The second-order valence-electron chi connectivity index (χ2n) is 6.30. The van der Waals surface area contributed by atoms with E-state index in [1.807, 2.05) is 24.3 Å². The molecule has 0 bridgehead atoms. The van der Waals surface area contributed by atoms with Gasteiger partial charge in [-0.3, -0.25) is 4.79 Å². The molecular weight excluding hydrogens is 338 g/mol. The van der Waals surface area contributed by atoms with Crippen LogP contribution in [0.4, 0.5) is 0 Å². The van der Waals surface area contributed by atoms with Gasteiger partial charge >= 0.3 is 0 Å². The number of aliphatic hydroxyl groups excluding tert-OH is 3. The average Bonchev–Trinajstić information content (AvgIpc) is 2.65. The second kappa shape index (κ2) is 9.80. The van der Waals surface area contributed by atoms with Crippen molar-refractivity contribution in [3.63, 3.8) is 0 Å². The number of rotatable bonds is 7. The van der Waals surface area contributed by atoms with Crippen LogP contribution in [0.15, 0.2) is 30.3 Å². The van der Waals surface area contributed by atoms with Crippen LogP contribution in [0.25, 0.3) is 6.08 Å². The third-order valence-corrected chi connectivity index (χ3v) is 4.37. The number of ether oxygens (including phenoxy) is 2. The number of amides is 1. The highest BCUT2D eigenvalue weighted by molar-refractivity contribution is 5.92. The van der Waals surface area contributed by atoms with Gasteiger partial charge in [0, 0.05) is 13.2 Å². The van der Waals surface area contributed by atoms with Gasteiger partial charge in [0.2, 0.25) is 5.91 Å². The Balaban J connectivity index is 1.98. The fraction of sp³-hybridized carbons (Fsp3) is 0.526. The van der Waals surface area contributed by atoms with Crippen molar-refractivity contribution in [2.45, 2.75) is 50.4 Å². The lowest BCUT2D eigenvalue weighted by Crippen LogP contribution is -2.64. The van der Waals surface area contributed by atoms with E-state index in [1.54, 1.807) is 6.08 Å². The second-order valence-corrected chi connectivity index (χ2v) is 6.30. The molecule has 0 saturated carbocycles. The molecule has 26 heavy (non-hydrogen) atoms. The van der Waals surface area contributed by atoms with Crippen LogP contribution in [0.5, 0.6) is 0 Å². The largest absolute Gasteiger partial charge is 0.394 e. The van der Waals surface area contributed by atoms with E-state index in [4.69, 9.17) is 9.47 Å². The quantitative estimate of drug-likeness (QED) is 0.515. The Bertz CT molecular complexity index is 601. The van der Waals surface area contributed by atoms with Crippen molar-refractivity contribution in [1.82, 2.24) is 5.32 Å². The van der Waals surface area contributed by atoms with Gasteiger partial charge in [-0.2, -0.15) is 0 Å². The summed E-state index contributed by atoms with van der Waals surface area (Å²) < 4.78 is 10.5. The van der Waals surface area contributed by atoms with E-state index in [-0.39, 0.29) is 0 Å². The molecule has 2 rings (SSSR count). The number of carbonyl (C=O) groups excluding carboxylic acids is 1. The summed E-state index contributed by atoms with van der Waals surface area (Å²) in [6.45, 7) is 1.65. The predicted molar refractivity (Wildman–Crippen MR) is 96.2 cm³/mol. The summed E-state index contributed by atoms with van der Waals surface area (Å²) in [7, 11) is 1.36. The van der Waals surface area contributed by atoms with Gasteiger partial charge in [-0.1, -0.05) is 37.6 Å². The lowest BCUT2D eigenvalue weighted by Gasteiger charge is -2.41. The normalized spacial score (nSPS) is 29.0. The molecule has 4 N–H and O–H groups in total. The van der Waals surface area contributed by atoms with Gasteiger partial charge < -0.3 is 30.1 Å². The first kappa shape index (κ1) is 20.5. The van der Waals surface area contributed by atoms with Crippen LogP contribution >= 0.6 is 0 Å². The Morgan fingerprint density at radius 3 is 2.54 bits per heavy atom. The van der Waals surface area contributed by atoms with E-state index in [9.17, 15) is 20.1 Å². The standard InChI is InChI=1S/C19H27NO6/c1-3-4-12-5-7-13(8-6-12)9-10-15(22)20-16-18(24)17(23)14(11-21)26-19(16)25-2/h5-10,14,16-19,21,23-24H,3-4,11H2,1-2H3,(H,20,22)/b10-9+. The average molecular weight is 365 g/mol. The number of benzene rings is 1. The maximum atomic E-state index is 12.2. The SMILES string of the molecule is CCCc1ccc(/C=C/C(=O)NC2C(OC)OC(CO)C(O)C2O)cc1.